The van der Waals surface area contributed by atoms with E-state index in [2.05, 4.69) is 4.99 Å². The van der Waals surface area contributed by atoms with Gasteiger partial charge >= 0.3 is 5.97 Å². The minimum absolute atomic E-state index is 0.0202. The lowest BCUT2D eigenvalue weighted by molar-refractivity contribution is -0.385. The molecule has 0 N–H and O–H groups in total. The van der Waals surface area contributed by atoms with Crippen LogP contribution in [0.1, 0.15) is 27.0 Å². The first-order chi connectivity index (χ1) is 15.9. The summed E-state index contributed by atoms with van der Waals surface area (Å²) in [6.45, 7) is 1.49. The van der Waals surface area contributed by atoms with E-state index in [1.165, 1.54) is 12.1 Å². The standard InChI is InChI=1S/C25H18N2O6/c1-16-20(8-5-9-22(16)27(30)31)24-26-21(25(29)33-24)14-17-10-12-19(13-11-17)32-15-23(28)18-6-3-2-4-7-18/h2-14H,15H2,1H3/b21-14-. The molecule has 3 aromatic carbocycles. The lowest BCUT2D eigenvalue weighted by atomic mass is 10.1. The third-order valence-corrected chi connectivity index (χ3v) is 5.00. The number of ketones is 1. The number of hydrogen-bond donors (Lipinski definition) is 0. The number of esters is 1. The fourth-order valence-corrected chi connectivity index (χ4v) is 3.25. The van der Waals surface area contributed by atoms with Crippen LogP contribution in [0.4, 0.5) is 5.69 Å². The van der Waals surface area contributed by atoms with Crippen molar-refractivity contribution >= 4 is 29.4 Å². The number of rotatable bonds is 7. The summed E-state index contributed by atoms with van der Waals surface area (Å²) < 4.78 is 10.8. The first-order valence-corrected chi connectivity index (χ1v) is 10.0. The molecule has 0 spiro atoms. The van der Waals surface area contributed by atoms with Crippen LogP contribution in [0, 0.1) is 17.0 Å². The van der Waals surface area contributed by atoms with Crippen molar-refractivity contribution in [3.63, 3.8) is 0 Å². The highest BCUT2D eigenvalue weighted by Crippen LogP contribution is 2.26. The lowest BCUT2D eigenvalue weighted by Crippen LogP contribution is -2.11. The maximum Gasteiger partial charge on any atom is 0.363 e. The molecule has 1 heterocycles. The van der Waals surface area contributed by atoms with Gasteiger partial charge in [-0.1, -0.05) is 48.5 Å². The highest BCUT2D eigenvalue weighted by atomic mass is 16.6. The van der Waals surface area contributed by atoms with E-state index in [4.69, 9.17) is 9.47 Å². The third kappa shape index (κ3) is 4.85. The molecular formula is C25H18N2O6. The Bertz CT molecular complexity index is 1290. The molecule has 0 amide bonds. The predicted molar refractivity (Wildman–Crippen MR) is 121 cm³/mol. The van der Waals surface area contributed by atoms with E-state index >= 15 is 0 Å². The molecule has 1 aliphatic heterocycles. The highest BCUT2D eigenvalue weighted by Gasteiger charge is 2.27. The van der Waals surface area contributed by atoms with E-state index in [1.54, 1.807) is 67.6 Å². The Hall–Kier alpha value is -4.59. The quantitative estimate of drug-likeness (QED) is 0.175. The van der Waals surface area contributed by atoms with E-state index in [1.807, 2.05) is 6.07 Å². The van der Waals surface area contributed by atoms with Crippen LogP contribution in [-0.2, 0) is 9.53 Å². The van der Waals surface area contributed by atoms with Gasteiger partial charge in [0.05, 0.1) is 4.92 Å². The molecule has 8 nitrogen and oxygen atoms in total. The van der Waals surface area contributed by atoms with Crippen LogP contribution in [0.15, 0.2) is 83.5 Å². The monoisotopic (exact) mass is 442 g/mol. The summed E-state index contributed by atoms with van der Waals surface area (Å²) in [7, 11) is 0. The summed E-state index contributed by atoms with van der Waals surface area (Å²) in [6.07, 6.45) is 1.54. The largest absolute Gasteiger partial charge is 0.485 e. The lowest BCUT2D eigenvalue weighted by Gasteiger charge is -2.06. The van der Waals surface area contributed by atoms with Crippen LogP contribution in [0.25, 0.3) is 6.08 Å². The van der Waals surface area contributed by atoms with Crippen LogP contribution in [0.2, 0.25) is 0 Å². The number of aliphatic imine (C=N–C) groups is 1. The smallest absolute Gasteiger partial charge is 0.363 e. The van der Waals surface area contributed by atoms with Crippen LogP contribution < -0.4 is 4.74 Å². The Balaban J connectivity index is 1.47. The molecule has 0 fully saturated rings. The van der Waals surface area contributed by atoms with Gasteiger partial charge in [0.1, 0.15) is 5.75 Å². The average Bonchev–Trinajstić information content (AvgIpc) is 3.18. The molecule has 3 aromatic rings. The summed E-state index contributed by atoms with van der Waals surface area (Å²) in [5, 5.41) is 11.2. The van der Waals surface area contributed by atoms with Gasteiger partial charge in [-0.15, -0.1) is 0 Å². The second-order valence-electron chi connectivity index (χ2n) is 7.19. The minimum atomic E-state index is -0.648. The van der Waals surface area contributed by atoms with Gasteiger partial charge in [-0.3, -0.25) is 14.9 Å². The van der Waals surface area contributed by atoms with Crippen molar-refractivity contribution in [1.82, 2.24) is 0 Å². The molecule has 1 aliphatic rings. The van der Waals surface area contributed by atoms with Crippen molar-refractivity contribution in [3.05, 3.63) is 111 Å². The number of benzene rings is 3. The van der Waals surface area contributed by atoms with Gasteiger partial charge in [0.25, 0.3) is 5.69 Å². The van der Waals surface area contributed by atoms with Crippen LogP contribution in [0.5, 0.6) is 5.75 Å². The maximum atomic E-state index is 12.3. The Kier molecular flexibility index (Phi) is 6.08. The second-order valence-corrected chi connectivity index (χ2v) is 7.19. The van der Waals surface area contributed by atoms with Crippen molar-refractivity contribution in [1.29, 1.82) is 0 Å². The number of hydrogen-bond acceptors (Lipinski definition) is 7. The molecule has 0 atom stereocenters. The van der Waals surface area contributed by atoms with Crippen molar-refractivity contribution in [2.24, 2.45) is 4.99 Å². The Morgan fingerprint density at radius 2 is 1.79 bits per heavy atom. The molecular weight excluding hydrogens is 424 g/mol. The number of nitro benzene ring substituents is 1. The number of carbonyl (C=O) groups excluding carboxylic acids is 2. The van der Waals surface area contributed by atoms with E-state index in [0.717, 1.165) is 0 Å². The van der Waals surface area contributed by atoms with Crippen LogP contribution in [-0.4, -0.2) is 29.2 Å². The van der Waals surface area contributed by atoms with Gasteiger partial charge in [0.15, 0.2) is 18.1 Å². The number of ether oxygens (including phenoxy) is 2. The summed E-state index contributed by atoms with van der Waals surface area (Å²) in [5.41, 5.74) is 1.99. The van der Waals surface area contributed by atoms with Crippen molar-refractivity contribution in [2.75, 3.05) is 6.61 Å². The molecule has 0 aliphatic carbocycles. The Morgan fingerprint density at radius 1 is 1.06 bits per heavy atom. The van der Waals surface area contributed by atoms with Crippen molar-refractivity contribution < 1.29 is 24.0 Å². The number of nitrogens with zero attached hydrogens (tertiary/aromatic N) is 2. The van der Waals surface area contributed by atoms with Crippen LogP contribution >= 0.6 is 0 Å². The van der Waals surface area contributed by atoms with Gasteiger partial charge in [-0.2, -0.15) is 0 Å². The van der Waals surface area contributed by atoms with Gasteiger partial charge < -0.3 is 9.47 Å². The highest BCUT2D eigenvalue weighted by molar-refractivity contribution is 6.13. The van der Waals surface area contributed by atoms with Gasteiger partial charge in [0.2, 0.25) is 5.90 Å². The molecule has 8 heteroatoms. The van der Waals surface area contributed by atoms with Crippen molar-refractivity contribution in [2.45, 2.75) is 6.92 Å². The molecule has 0 saturated carbocycles. The molecule has 33 heavy (non-hydrogen) atoms. The zero-order chi connectivity index (χ0) is 23.4. The van der Waals surface area contributed by atoms with Crippen LogP contribution in [0.3, 0.4) is 0 Å². The van der Waals surface area contributed by atoms with Gasteiger partial charge in [0, 0.05) is 22.8 Å². The second kappa shape index (κ2) is 9.27. The summed E-state index contributed by atoms with van der Waals surface area (Å²) >= 11 is 0. The fraction of sp³-hybridized carbons (Fsp3) is 0.0800. The van der Waals surface area contributed by atoms with E-state index in [0.29, 0.717) is 28.0 Å². The first-order valence-electron chi connectivity index (χ1n) is 10.0. The number of cyclic esters (lactones) is 1. The molecule has 164 valence electrons. The van der Waals surface area contributed by atoms with E-state index in [-0.39, 0.29) is 29.7 Å². The number of nitro groups is 1. The van der Waals surface area contributed by atoms with Crippen molar-refractivity contribution in [3.8, 4) is 5.75 Å². The fourth-order valence-electron chi connectivity index (χ4n) is 3.25. The summed E-state index contributed by atoms with van der Waals surface area (Å²) in [6, 6.07) is 20.2. The Morgan fingerprint density at radius 3 is 2.48 bits per heavy atom. The Labute approximate surface area is 189 Å². The summed E-state index contributed by atoms with van der Waals surface area (Å²) in [4.78, 5) is 39.3. The van der Waals surface area contributed by atoms with Gasteiger partial charge in [-0.25, -0.2) is 9.79 Å². The third-order valence-electron chi connectivity index (χ3n) is 5.00. The molecule has 0 unspecified atom stereocenters. The average molecular weight is 442 g/mol. The topological polar surface area (TPSA) is 108 Å². The zero-order valence-electron chi connectivity index (χ0n) is 17.6. The predicted octanol–water partition coefficient (Wildman–Crippen LogP) is 4.51. The molecule has 0 bridgehead atoms. The number of carbonyl (C=O) groups is 2. The zero-order valence-corrected chi connectivity index (χ0v) is 17.6. The van der Waals surface area contributed by atoms with E-state index < -0.39 is 10.9 Å². The van der Waals surface area contributed by atoms with E-state index in [9.17, 15) is 19.7 Å². The molecule has 0 aromatic heterocycles. The SMILES string of the molecule is Cc1c(C2=N/C(=C\c3ccc(OCC(=O)c4ccccc4)cc3)C(=O)O2)cccc1[N+](=O)[O-]. The number of Topliss-reactive ketones (excluding diaryl/α,β-unsaturated/α-hetero) is 1. The molecule has 4 rings (SSSR count). The normalized spacial score (nSPS) is 14.0. The summed E-state index contributed by atoms with van der Waals surface area (Å²) in [5.74, 6) is -0.253. The minimum Gasteiger partial charge on any atom is -0.485 e. The first kappa shape index (κ1) is 21.6. The molecule has 0 saturated heterocycles. The molecule has 0 radical (unpaired) electrons. The van der Waals surface area contributed by atoms with Gasteiger partial charge in [-0.05, 0) is 36.8 Å². The maximum absolute atomic E-state index is 12.3.